The second kappa shape index (κ2) is 18.0. The van der Waals surface area contributed by atoms with E-state index in [0.717, 1.165) is 25.1 Å². The van der Waals surface area contributed by atoms with Crippen molar-refractivity contribution in [3.05, 3.63) is 65.7 Å². The molecule has 0 saturated carbocycles. The number of unbranched alkanes of at least 4 members (excludes halogenated alkanes) is 9. The van der Waals surface area contributed by atoms with E-state index in [1.807, 2.05) is 37.3 Å². The number of likely N-dealkylation sites (N-methyl/N-ethyl adjacent to an activating group) is 1. The molecule has 0 fully saturated rings. The Hall–Kier alpha value is -2.33. The summed E-state index contributed by atoms with van der Waals surface area (Å²) in [6.45, 7) is 7.11. The average molecular weight is 525 g/mol. The molecule has 212 valence electrons. The van der Waals surface area contributed by atoms with E-state index in [9.17, 15) is 4.79 Å². The Balaban J connectivity index is 1.85. The van der Waals surface area contributed by atoms with Gasteiger partial charge in [-0.2, -0.15) is 0 Å². The van der Waals surface area contributed by atoms with E-state index in [2.05, 4.69) is 52.2 Å². The lowest BCUT2D eigenvalue weighted by Crippen LogP contribution is -2.53. The minimum absolute atomic E-state index is 0.188. The number of hydrogen-bond donors (Lipinski definition) is 0. The minimum Gasteiger partial charge on any atom is -0.455 e. The number of esters is 1. The molecule has 2 rings (SSSR count). The van der Waals surface area contributed by atoms with Crippen molar-refractivity contribution in [2.75, 3.05) is 14.1 Å². The van der Waals surface area contributed by atoms with Gasteiger partial charge in [-0.3, -0.25) is 0 Å². The number of para-hydroxylation sites is 1. The summed E-state index contributed by atoms with van der Waals surface area (Å²) in [5.41, 5.74) is 2.42. The van der Waals surface area contributed by atoms with E-state index in [4.69, 9.17) is 9.47 Å². The van der Waals surface area contributed by atoms with E-state index < -0.39 is 6.29 Å². The SMILES string of the molecule is CCCCCCCCCCCCc1ccccc1OC(CC)OC(=O)C(CC)[N+](C)(C)Cc1ccccc1. The molecule has 0 heterocycles. The first-order valence-corrected chi connectivity index (χ1v) is 15.2. The number of hydrogen-bond acceptors (Lipinski definition) is 3. The molecule has 0 aliphatic heterocycles. The van der Waals surface area contributed by atoms with Gasteiger partial charge in [0.25, 0.3) is 0 Å². The Bertz CT molecular complexity index is 896. The van der Waals surface area contributed by atoms with Gasteiger partial charge in [-0.15, -0.1) is 0 Å². The molecule has 0 spiro atoms. The Labute approximate surface area is 233 Å². The molecule has 0 bridgehead atoms. The summed E-state index contributed by atoms with van der Waals surface area (Å²) < 4.78 is 12.8. The van der Waals surface area contributed by atoms with Gasteiger partial charge in [0.05, 0.1) is 14.1 Å². The number of quaternary nitrogens is 1. The van der Waals surface area contributed by atoms with E-state index in [0.29, 0.717) is 17.3 Å². The molecular weight excluding hydrogens is 470 g/mol. The van der Waals surface area contributed by atoms with Crippen molar-refractivity contribution in [2.24, 2.45) is 0 Å². The summed E-state index contributed by atoms with van der Waals surface area (Å²) in [4.78, 5) is 13.3. The lowest BCUT2D eigenvalue weighted by molar-refractivity contribution is -0.919. The fourth-order valence-corrected chi connectivity index (χ4v) is 5.28. The van der Waals surface area contributed by atoms with Crippen molar-refractivity contribution in [1.29, 1.82) is 0 Å². The zero-order valence-corrected chi connectivity index (χ0v) is 24.9. The predicted molar refractivity (Wildman–Crippen MR) is 159 cm³/mol. The highest BCUT2D eigenvalue weighted by Crippen LogP contribution is 2.25. The molecule has 0 saturated heterocycles. The smallest absolute Gasteiger partial charge is 0.368 e. The number of nitrogens with zero attached hydrogens (tertiary/aromatic N) is 1. The van der Waals surface area contributed by atoms with Crippen molar-refractivity contribution in [3.8, 4) is 5.75 Å². The number of rotatable bonds is 20. The maximum absolute atomic E-state index is 13.3. The summed E-state index contributed by atoms with van der Waals surface area (Å²) in [5, 5.41) is 0. The second-order valence-electron chi connectivity index (χ2n) is 11.3. The first kappa shape index (κ1) is 31.9. The number of carbonyl (C=O) groups excluding carboxylic acids is 1. The first-order chi connectivity index (χ1) is 18.4. The van der Waals surface area contributed by atoms with E-state index in [1.54, 1.807) is 0 Å². The molecular formula is C34H54NO3+. The lowest BCUT2D eigenvalue weighted by Gasteiger charge is -2.36. The van der Waals surface area contributed by atoms with E-state index >= 15 is 0 Å². The van der Waals surface area contributed by atoms with Crippen LogP contribution in [-0.4, -0.2) is 36.9 Å². The monoisotopic (exact) mass is 524 g/mol. The van der Waals surface area contributed by atoms with Crippen molar-refractivity contribution >= 4 is 5.97 Å². The van der Waals surface area contributed by atoms with Gasteiger partial charge < -0.3 is 14.0 Å². The summed E-state index contributed by atoms with van der Waals surface area (Å²) in [6, 6.07) is 18.3. The van der Waals surface area contributed by atoms with Gasteiger partial charge in [-0.05, 0) is 24.5 Å². The van der Waals surface area contributed by atoms with Gasteiger partial charge in [0.1, 0.15) is 12.3 Å². The highest BCUT2D eigenvalue weighted by Gasteiger charge is 2.36. The Morgan fingerprint density at radius 3 is 1.92 bits per heavy atom. The molecule has 0 aromatic heterocycles. The van der Waals surface area contributed by atoms with Crippen LogP contribution in [0.2, 0.25) is 0 Å². The molecule has 4 nitrogen and oxygen atoms in total. The van der Waals surface area contributed by atoms with Gasteiger partial charge in [0.15, 0.2) is 6.04 Å². The second-order valence-corrected chi connectivity index (χ2v) is 11.3. The lowest BCUT2D eigenvalue weighted by atomic mass is 10.0. The van der Waals surface area contributed by atoms with Gasteiger partial charge in [-0.25, -0.2) is 4.79 Å². The maximum Gasteiger partial charge on any atom is 0.368 e. The summed E-state index contributed by atoms with van der Waals surface area (Å²) >= 11 is 0. The van der Waals surface area contributed by atoms with Gasteiger partial charge in [0.2, 0.25) is 6.29 Å². The third-order valence-electron chi connectivity index (χ3n) is 7.55. The zero-order chi connectivity index (χ0) is 27.6. The van der Waals surface area contributed by atoms with Crippen LogP contribution >= 0.6 is 0 Å². The third kappa shape index (κ3) is 11.6. The fraction of sp³-hybridized carbons (Fsp3) is 0.618. The molecule has 4 heteroatoms. The largest absolute Gasteiger partial charge is 0.455 e. The number of ether oxygens (including phenoxy) is 2. The van der Waals surface area contributed by atoms with Crippen LogP contribution in [0, 0.1) is 0 Å². The van der Waals surface area contributed by atoms with Crippen molar-refractivity contribution < 1.29 is 18.8 Å². The molecule has 0 aliphatic carbocycles. The molecule has 0 N–H and O–H groups in total. The zero-order valence-electron chi connectivity index (χ0n) is 24.9. The molecule has 38 heavy (non-hydrogen) atoms. The molecule has 0 radical (unpaired) electrons. The Morgan fingerprint density at radius 1 is 0.737 bits per heavy atom. The van der Waals surface area contributed by atoms with Crippen molar-refractivity contribution in [2.45, 2.75) is 123 Å². The van der Waals surface area contributed by atoms with Crippen LogP contribution in [0.25, 0.3) is 0 Å². The summed E-state index contributed by atoms with van der Waals surface area (Å²) in [6.07, 6.45) is 15.0. The number of benzene rings is 2. The van der Waals surface area contributed by atoms with Crippen LogP contribution in [0.4, 0.5) is 0 Å². The number of carbonyl (C=O) groups is 1. The Kier molecular flexibility index (Phi) is 15.1. The standard InChI is InChI=1S/C34H54NO3/c1-6-9-10-11-12-13-14-15-16-20-25-30-26-21-22-27-32(30)37-33(8-3)38-34(36)31(7-2)35(4,5)28-29-23-18-17-19-24-29/h17-19,21-24,26-27,31,33H,6-16,20,25,28H2,1-5H3/q+1. The topological polar surface area (TPSA) is 35.5 Å². The molecule has 0 amide bonds. The Morgan fingerprint density at radius 2 is 1.32 bits per heavy atom. The quantitative estimate of drug-likeness (QED) is 0.0751. The van der Waals surface area contributed by atoms with Crippen molar-refractivity contribution in [1.82, 2.24) is 0 Å². The van der Waals surface area contributed by atoms with Gasteiger partial charge >= 0.3 is 5.97 Å². The van der Waals surface area contributed by atoms with E-state index in [1.165, 1.54) is 68.9 Å². The van der Waals surface area contributed by atoms with Crippen LogP contribution in [0.15, 0.2) is 54.6 Å². The van der Waals surface area contributed by atoms with Crippen LogP contribution in [-0.2, 0) is 22.5 Å². The average Bonchev–Trinajstić information content (AvgIpc) is 2.90. The summed E-state index contributed by atoms with van der Waals surface area (Å²) in [7, 11) is 4.21. The highest BCUT2D eigenvalue weighted by molar-refractivity contribution is 5.74. The summed E-state index contributed by atoms with van der Waals surface area (Å²) in [5.74, 6) is 0.654. The van der Waals surface area contributed by atoms with Crippen LogP contribution in [0.3, 0.4) is 0 Å². The predicted octanol–water partition coefficient (Wildman–Crippen LogP) is 8.86. The van der Waals surface area contributed by atoms with Crippen LogP contribution < -0.4 is 4.74 Å². The fourth-order valence-electron chi connectivity index (χ4n) is 5.28. The third-order valence-corrected chi connectivity index (χ3v) is 7.55. The van der Waals surface area contributed by atoms with Gasteiger partial charge in [0, 0.05) is 18.4 Å². The van der Waals surface area contributed by atoms with Crippen LogP contribution in [0.1, 0.15) is 109 Å². The van der Waals surface area contributed by atoms with Crippen molar-refractivity contribution in [3.63, 3.8) is 0 Å². The normalized spacial score (nSPS) is 13.2. The minimum atomic E-state index is -0.581. The van der Waals surface area contributed by atoms with E-state index in [-0.39, 0.29) is 12.0 Å². The van der Waals surface area contributed by atoms with Crippen LogP contribution in [0.5, 0.6) is 5.75 Å². The molecule has 2 unspecified atom stereocenters. The maximum atomic E-state index is 13.3. The molecule has 2 aromatic rings. The van der Waals surface area contributed by atoms with Gasteiger partial charge in [-0.1, -0.05) is 127 Å². The first-order valence-electron chi connectivity index (χ1n) is 15.2. The highest BCUT2D eigenvalue weighted by atomic mass is 16.7. The molecule has 0 aliphatic rings. The molecule has 2 atom stereocenters. The molecule has 2 aromatic carbocycles. The number of aryl methyl sites for hydroxylation is 1.